The molecule has 1 aromatic heterocycles. The molecule has 146 valence electrons. The highest BCUT2D eigenvalue weighted by atomic mass is 35.5. The molecule has 26 heavy (non-hydrogen) atoms. The summed E-state index contributed by atoms with van der Waals surface area (Å²) in [4.78, 5) is 2.22. The van der Waals surface area contributed by atoms with Gasteiger partial charge in [-0.05, 0) is 48.5 Å². The average molecular weight is 413 g/mol. The van der Waals surface area contributed by atoms with Crippen LogP contribution in [0.2, 0.25) is 0 Å². The number of hydrogen-bond donors (Lipinski definition) is 1. The Balaban J connectivity index is 0.00000169. The normalized spacial score (nSPS) is 17.3. The van der Waals surface area contributed by atoms with Crippen LogP contribution >= 0.6 is 24.8 Å². The van der Waals surface area contributed by atoms with Crippen LogP contribution in [0.15, 0.2) is 24.3 Å². The zero-order valence-corrected chi connectivity index (χ0v) is 16.0. The Labute approximate surface area is 161 Å². The molecule has 0 amide bonds. The Morgan fingerprint density at radius 1 is 1.15 bits per heavy atom. The number of rotatable bonds is 3. The first kappa shape index (κ1) is 22.6. The van der Waals surface area contributed by atoms with Crippen LogP contribution in [0.3, 0.4) is 0 Å². The van der Waals surface area contributed by atoms with E-state index in [4.69, 9.17) is 0 Å². The fourth-order valence-electron chi connectivity index (χ4n) is 2.88. The topological polar surface area (TPSA) is 58.9 Å². The summed E-state index contributed by atoms with van der Waals surface area (Å²) in [5.74, 6) is 0.604. The first-order valence-corrected chi connectivity index (χ1v) is 7.67. The molecule has 1 aromatic carbocycles. The van der Waals surface area contributed by atoms with Crippen LogP contribution < -0.4 is 5.32 Å². The Bertz CT molecular complexity index is 702. The predicted octanol–water partition coefficient (Wildman–Crippen LogP) is 2.71. The van der Waals surface area contributed by atoms with Crippen molar-refractivity contribution in [2.45, 2.75) is 32.1 Å². The molecule has 0 bridgehead atoms. The van der Waals surface area contributed by atoms with Gasteiger partial charge in [0.05, 0.1) is 17.8 Å². The van der Waals surface area contributed by atoms with Crippen LogP contribution in [-0.4, -0.2) is 50.3 Å². The number of piperazine rings is 1. The molecule has 1 saturated heterocycles. The zero-order chi connectivity index (χ0) is 17.4. The van der Waals surface area contributed by atoms with Crippen LogP contribution in [-0.2, 0) is 12.7 Å². The van der Waals surface area contributed by atoms with Crippen LogP contribution in [0.5, 0.6) is 0 Å². The fraction of sp³-hybridized carbons (Fsp3) is 0.533. The van der Waals surface area contributed by atoms with E-state index in [0.717, 1.165) is 31.8 Å². The minimum absolute atomic E-state index is 0. The molecule has 1 aliphatic heterocycles. The number of hydrogen-bond acceptors (Lipinski definition) is 5. The second-order valence-electron chi connectivity index (χ2n) is 6.57. The van der Waals surface area contributed by atoms with Crippen molar-refractivity contribution in [1.29, 1.82) is 0 Å². The third kappa shape index (κ3) is 5.29. The van der Waals surface area contributed by atoms with Gasteiger partial charge in [-0.3, -0.25) is 4.90 Å². The van der Waals surface area contributed by atoms with Gasteiger partial charge >= 0.3 is 6.18 Å². The molecule has 2 aromatic rings. The van der Waals surface area contributed by atoms with Gasteiger partial charge in [-0.25, -0.2) is 0 Å². The summed E-state index contributed by atoms with van der Waals surface area (Å²) in [6.45, 7) is 7.36. The molecule has 0 spiro atoms. The second kappa shape index (κ2) is 8.51. The molecule has 1 fully saturated rings. The third-order valence-corrected chi connectivity index (χ3v) is 3.99. The molecule has 3 rings (SSSR count). The molecule has 11 heteroatoms. The Hall–Kier alpha value is -1.42. The SMILES string of the molecule is CC1(C)CN(Cc2nnnn2-c2ccc(C(F)(F)F)cc2)CCN1.Cl.Cl. The summed E-state index contributed by atoms with van der Waals surface area (Å²) in [5, 5.41) is 15.0. The summed E-state index contributed by atoms with van der Waals surface area (Å²) in [7, 11) is 0. The van der Waals surface area contributed by atoms with Crippen molar-refractivity contribution in [2.75, 3.05) is 19.6 Å². The number of halogens is 5. The van der Waals surface area contributed by atoms with Crippen molar-refractivity contribution in [3.63, 3.8) is 0 Å². The summed E-state index contributed by atoms with van der Waals surface area (Å²) in [5.41, 5.74) is -0.174. The van der Waals surface area contributed by atoms with Crippen molar-refractivity contribution in [3.8, 4) is 5.69 Å². The largest absolute Gasteiger partial charge is 0.416 e. The molecular weight excluding hydrogens is 392 g/mol. The summed E-state index contributed by atoms with van der Waals surface area (Å²) < 4.78 is 39.5. The Morgan fingerprint density at radius 3 is 2.38 bits per heavy atom. The van der Waals surface area contributed by atoms with Crippen molar-refractivity contribution < 1.29 is 13.2 Å². The average Bonchev–Trinajstić information content (AvgIpc) is 2.93. The molecule has 0 unspecified atom stereocenters. The first-order chi connectivity index (χ1) is 11.2. The van der Waals surface area contributed by atoms with Gasteiger partial charge in [0.2, 0.25) is 0 Å². The lowest BCUT2D eigenvalue weighted by Crippen LogP contribution is -2.56. The molecular formula is C15H21Cl2F3N6. The van der Waals surface area contributed by atoms with E-state index in [-0.39, 0.29) is 30.4 Å². The second-order valence-corrected chi connectivity index (χ2v) is 6.57. The predicted molar refractivity (Wildman–Crippen MR) is 96.0 cm³/mol. The lowest BCUT2D eigenvalue weighted by Gasteiger charge is -2.38. The molecule has 0 aliphatic carbocycles. The van der Waals surface area contributed by atoms with Crippen LogP contribution in [0.1, 0.15) is 25.2 Å². The van der Waals surface area contributed by atoms with E-state index in [1.807, 2.05) is 0 Å². The Morgan fingerprint density at radius 2 is 1.81 bits per heavy atom. The van der Waals surface area contributed by atoms with Gasteiger partial charge < -0.3 is 5.32 Å². The number of benzene rings is 1. The van der Waals surface area contributed by atoms with Gasteiger partial charge in [0.25, 0.3) is 0 Å². The van der Waals surface area contributed by atoms with Crippen molar-refractivity contribution in [3.05, 3.63) is 35.7 Å². The minimum Gasteiger partial charge on any atom is -0.309 e. The minimum atomic E-state index is -4.35. The lowest BCUT2D eigenvalue weighted by atomic mass is 10.0. The summed E-state index contributed by atoms with van der Waals surface area (Å²) >= 11 is 0. The van der Waals surface area contributed by atoms with Gasteiger partial charge in [-0.15, -0.1) is 29.9 Å². The highest BCUT2D eigenvalue weighted by Gasteiger charge is 2.30. The van der Waals surface area contributed by atoms with E-state index >= 15 is 0 Å². The number of tetrazole rings is 1. The third-order valence-electron chi connectivity index (χ3n) is 3.99. The van der Waals surface area contributed by atoms with E-state index < -0.39 is 11.7 Å². The zero-order valence-electron chi connectivity index (χ0n) is 14.3. The van der Waals surface area contributed by atoms with Crippen LogP contribution in [0.4, 0.5) is 13.2 Å². The van der Waals surface area contributed by atoms with E-state index in [0.29, 0.717) is 18.1 Å². The first-order valence-electron chi connectivity index (χ1n) is 7.67. The maximum absolute atomic E-state index is 12.7. The molecule has 0 atom stereocenters. The number of nitrogens with one attached hydrogen (secondary N) is 1. The highest BCUT2D eigenvalue weighted by Crippen LogP contribution is 2.29. The van der Waals surface area contributed by atoms with Gasteiger partial charge in [0, 0.05) is 25.2 Å². The maximum Gasteiger partial charge on any atom is 0.416 e. The summed E-state index contributed by atoms with van der Waals surface area (Å²) in [6.07, 6.45) is -4.35. The molecule has 2 heterocycles. The molecule has 6 nitrogen and oxygen atoms in total. The fourth-order valence-corrected chi connectivity index (χ4v) is 2.88. The van der Waals surface area contributed by atoms with Gasteiger partial charge in [0.1, 0.15) is 0 Å². The van der Waals surface area contributed by atoms with E-state index in [9.17, 15) is 13.2 Å². The lowest BCUT2D eigenvalue weighted by molar-refractivity contribution is -0.137. The van der Waals surface area contributed by atoms with E-state index in [2.05, 4.69) is 39.6 Å². The van der Waals surface area contributed by atoms with Crippen molar-refractivity contribution >= 4 is 24.8 Å². The van der Waals surface area contributed by atoms with E-state index in [1.54, 1.807) is 0 Å². The monoisotopic (exact) mass is 412 g/mol. The highest BCUT2D eigenvalue weighted by molar-refractivity contribution is 5.85. The number of aromatic nitrogens is 4. The molecule has 0 saturated carbocycles. The number of nitrogens with zero attached hydrogens (tertiary/aromatic N) is 5. The van der Waals surface area contributed by atoms with Crippen molar-refractivity contribution in [1.82, 2.24) is 30.4 Å². The van der Waals surface area contributed by atoms with Gasteiger partial charge in [-0.1, -0.05) is 0 Å². The van der Waals surface area contributed by atoms with Crippen molar-refractivity contribution in [2.24, 2.45) is 0 Å². The molecule has 1 aliphatic rings. The smallest absolute Gasteiger partial charge is 0.309 e. The van der Waals surface area contributed by atoms with Crippen LogP contribution in [0.25, 0.3) is 5.69 Å². The maximum atomic E-state index is 12.7. The molecule has 0 radical (unpaired) electrons. The Kier molecular flexibility index (Phi) is 7.41. The van der Waals surface area contributed by atoms with Gasteiger partial charge in [0.15, 0.2) is 5.82 Å². The van der Waals surface area contributed by atoms with E-state index in [1.165, 1.54) is 16.8 Å². The number of alkyl halides is 3. The standard InChI is InChI=1S/C15H19F3N6.2ClH/c1-14(2)10-23(8-7-19-14)9-13-20-21-22-24(13)12-5-3-11(4-6-12)15(16,17)18;;/h3-6,19H,7-10H2,1-2H3;2*1H. The van der Waals surface area contributed by atoms with Crippen LogP contribution in [0, 0.1) is 0 Å². The summed E-state index contributed by atoms with van der Waals surface area (Å²) in [6, 6.07) is 4.83. The quantitative estimate of drug-likeness (QED) is 0.839. The molecule has 1 N–H and O–H groups in total. The van der Waals surface area contributed by atoms with Gasteiger partial charge in [-0.2, -0.15) is 17.9 Å².